The average molecular weight is 254 g/mol. The summed E-state index contributed by atoms with van der Waals surface area (Å²) >= 11 is 3.34. The molecule has 0 aliphatic rings. The van der Waals surface area contributed by atoms with Crippen molar-refractivity contribution in [2.45, 2.75) is 13.0 Å². The fraction of sp³-hybridized carbons (Fsp3) is 0.364. The minimum absolute atomic E-state index is 0.624. The molecule has 0 aromatic heterocycles. The number of halogens is 1. The molecule has 0 N–H and O–H groups in total. The molecule has 1 rings (SSSR count). The second kappa shape index (κ2) is 6.58. The maximum atomic E-state index is 8.59. The van der Waals surface area contributed by atoms with Gasteiger partial charge in [0.2, 0.25) is 0 Å². The quantitative estimate of drug-likeness (QED) is 0.598. The van der Waals surface area contributed by atoms with Gasteiger partial charge in [-0.15, -0.1) is 0 Å². The molecular formula is C11H12BrNO. The van der Waals surface area contributed by atoms with Gasteiger partial charge in [-0.1, -0.05) is 28.1 Å². The number of nitriles is 1. The second-order valence-electron chi connectivity index (χ2n) is 2.90. The lowest BCUT2D eigenvalue weighted by Gasteiger charge is -2.02. The third-order valence-electron chi connectivity index (χ3n) is 1.77. The average Bonchev–Trinajstić information content (AvgIpc) is 2.25. The number of ether oxygens (including phenoxy) is 1. The fourth-order valence-corrected chi connectivity index (χ4v) is 1.25. The molecular weight excluding hydrogens is 242 g/mol. The Bertz CT molecular complexity index is 302. The summed E-state index contributed by atoms with van der Waals surface area (Å²) in [7, 11) is 0. The first-order chi connectivity index (χ1) is 6.86. The first kappa shape index (κ1) is 11.2. The second-order valence-corrected chi connectivity index (χ2v) is 3.70. The first-order valence-electron chi connectivity index (χ1n) is 4.49. The van der Waals surface area contributed by atoms with Crippen LogP contribution in [0.2, 0.25) is 0 Å². The molecule has 0 radical (unpaired) electrons. The molecule has 1 aromatic rings. The number of hydrogen-bond acceptors (Lipinski definition) is 2. The van der Waals surface area contributed by atoms with Gasteiger partial charge in [-0.25, -0.2) is 0 Å². The summed E-state index contributed by atoms with van der Waals surface area (Å²) in [6, 6.07) is 9.55. The van der Waals surface area contributed by atoms with Gasteiger partial charge < -0.3 is 4.74 Å². The highest BCUT2D eigenvalue weighted by Crippen LogP contribution is 2.05. The van der Waals surface area contributed by atoms with Gasteiger partial charge in [-0.05, 0) is 24.1 Å². The minimum Gasteiger partial charge on any atom is -0.377 e. The van der Waals surface area contributed by atoms with Gasteiger partial charge in [0, 0.05) is 11.9 Å². The first-order valence-corrected chi connectivity index (χ1v) is 5.61. The summed E-state index contributed by atoms with van der Waals surface area (Å²) in [4.78, 5) is 0. The van der Waals surface area contributed by atoms with Crippen LogP contribution in [0.4, 0.5) is 0 Å². The van der Waals surface area contributed by atoms with E-state index < -0.39 is 0 Å². The number of benzene rings is 1. The molecule has 0 heterocycles. The van der Waals surface area contributed by atoms with E-state index >= 15 is 0 Å². The third-order valence-corrected chi connectivity index (χ3v) is 2.33. The molecule has 2 nitrogen and oxygen atoms in total. The predicted molar refractivity (Wildman–Crippen MR) is 59.2 cm³/mol. The smallest absolute Gasteiger partial charge is 0.0991 e. The molecule has 0 spiro atoms. The van der Waals surface area contributed by atoms with E-state index in [4.69, 9.17) is 10.00 Å². The standard InChI is InChI=1S/C11H12BrNO/c12-6-1-7-14-9-11-4-2-10(8-13)3-5-11/h2-5H,1,6-7,9H2. The topological polar surface area (TPSA) is 33.0 Å². The van der Waals surface area contributed by atoms with Crippen LogP contribution in [0, 0.1) is 11.3 Å². The van der Waals surface area contributed by atoms with E-state index in [0.29, 0.717) is 12.2 Å². The lowest BCUT2D eigenvalue weighted by atomic mass is 10.2. The lowest BCUT2D eigenvalue weighted by Crippen LogP contribution is -1.95. The van der Waals surface area contributed by atoms with E-state index in [-0.39, 0.29) is 0 Å². The van der Waals surface area contributed by atoms with Crippen molar-refractivity contribution in [2.75, 3.05) is 11.9 Å². The summed E-state index contributed by atoms with van der Waals surface area (Å²) < 4.78 is 5.42. The van der Waals surface area contributed by atoms with E-state index in [9.17, 15) is 0 Å². The molecule has 74 valence electrons. The Morgan fingerprint density at radius 2 is 2.00 bits per heavy atom. The zero-order chi connectivity index (χ0) is 10.2. The van der Waals surface area contributed by atoms with Gasteiger partial charge in [-0.3, -0.25) is 0 Å². The highest BCUT2D eigenvalue weighted by Gasteiger charge is 1.93. The monoisotopic (exact) mass is 253 g/mol. The van der Waals surface area contributed by atoms with E-state index in [1.165, 1.54) is 0 Å². The van der Waals surface area contributed by atoms with Gasteiger partial charge in [0.25, 0.3) is 0 Å². The Balaban J connectivity index is 2.33. The summed E-state index contributed by atoms with van der Waals surface area (Å²) in [5.74, 6) is 0. The molecule has 0 unspecified atom stereocenters. The molecule has 0 aliphatic heterocycles. The SMILES string of the molecule is N#Cc1ccc(COCCCBr)cc1. The van der Waals surface area contributed by atoms with Crippen molar-refractivity contribution in [1.82, 2.24) is 0 Å². The molecule has 0 saturated carbocycles. The van der Waals surface area contributed by atoms with Gasteiger partial charge >= 0.3 is 0 Å². The van der Waals surface area contributed by atoms with E-state index in [1.807, 2.05) is 24.3 Å². The van der Waals surface area contributed by atoms with Crippen LogP contribution in [-0.4, -0.2) is 11.9 Å². The molecule has 1 aromatic carbocycles. The highest BCUT2D eigenvalue weighted by molar-refractivity contribution is 9.09. The molecule has 0 atom stereocenters. The van der Waals surface area contributed by atoms with E-state index in [0.717, 1.165) is 23.9 Å². The molecule has 0 amide bonds. The van der Waals surface area contributed by atoms with Crippen LogP contribution in [-0.2, 0) is 11.3 Å². The van der Waals surface area contributed by atoms with Crippen LogP contribution in [0.3, 0.4) is 0 Å². The largest absolute Gasteiger partial charge is 0.377 e. The minimum atomic E-state index is 0.624. The zero-order valence-electron chi connectivity index (χ0n) is 7.87. The number of nitrogens with zero attached hydrogens (tertiary/aromatic N) is 1. The number of alkyl halides is 1. The number of hydrogen-bond donors (Lipinski definition) is 0. The summed E-state index contributed by atoms with van der Waals surface area (Å²) in [6.45, 7) is 1.39. The van der Waals surface area contributed by atoms with Crippen molar-refractivity contribution in [2.24, 2.45) is 0 Å². The maximum absolute atomic E-state index is 8.59. The van der Waals surface area contributed by atoms with Gasteiger partial charge in [0.05, 0.1) is 18.2 Å². The Kier molecular flexibility index (Phi) is 5.28. The van der Waals surface area contributed by atoms with Crippen molar-refractivity contribution >= 4 is 15.9 Å². The Labute approximate surface area is 92.6 Å². The highest BCUT2D eigenvalue weighted by atomic mass is 79.9. The van der Waals surface area contributed by atoms with Crippen molar-refractivity contribution in [3.8, 4) is 6.07 Å². The van der Waals surface area contributed by atoms with Crippen molar-refractivity contribution in [1.29, 1.82) is 5.26 Å². The lowest BCUT2D eigenvalue weighted by molar-refractivity contribution is 0.122. The molecule has 3 heteroatoms. The van der Waals surface area contributed by atoms with Gasteiger partial charge in [-0.2, -0.15) is 5.26 Å². The van der Waals surface area contributed by atoms with E-state index in [2.05, 4.69) is 22.0 Å². The zero-order valence-corrected chi connectivity index (χ0v) is 9.46. The van der Waals surface area contributed by atoms with Crippen LogP contribution in [0.1, 0.15) is 17.5 Å². The van der Waals surface area contributed by atoms with Crippen LogP contribution >= 0.6 is 15.9 Å². The number of rotatable bonds is 5. The van der Waals surface area contributed by atoms with Crippen LogP contribution < -0.4 is 0 Å². The summed E-state index contributed by atoms with van der Waals surface area (Å²) in [5, 5.41) is 9.56. The molecule has 0 bridgehead atoms. The van der Waals surface area contributed by atoms with Crippen molar-refractivity contribution in [3.05, 3.63) is 35.4 Å². The molecule has 0 fully saturated rings. The molecule has 0 saturated heterocycles. The third kappa shape index (κ3) is 3.91. The normalized spacial score (nSPS) is 9.71. The predicted octanol–water partition coefficient (Wildman–Crippen LogP) is 2.86. The van der Waals surface area contributed by atoms with E-state index in [1.54, 1.807) is 0 Å². The van der Waals surface area contributed by atoms with Crippen LogP contribution in [0.5, 0.6) is 0 Å². The van der Waals surface area contributed by atoms with Crippen LogP contribution in [0.15, 0.2) is 24.3 Å². The summed E-state index contributed by atoms with van der Waals surface area (Å²) in [5.41, 5.74) is 1.80. The van der Waals surface area contributed by atoms with Gasteiger partial charge in [0.15, 0.2) is 0 Å². The molecule has 14 heavy (non-hydrogen) atoms. The summed E-state index contributed by atoms with van der Waals surface area (Å²) in [6.07, 6.45) is 1.02. The Hall–Kier alpha value is -0.850. The fourth-order valence-electron chi connectivity index (χ4n) is 1.02. The maximum Gasteiger partial charge on any atom is 0.0991 e. The van der Waals surface area contributed by atoms with Crippen LogP contribution in [0.25, 0.3) is 0 Å². The molecule has 0 aliphatic carbocycles. The van der Waals surface area contributed by atoms with Gasteiger partial charge in [0.1, 0.15) is 0 Å². The van der Waals surface area contributed by atoms with Crippen molar-refractivity contribution < 1.29 is 4.74 Å². The Morgan fingerprint density at radius 3 is 2.57 bits per heavy atom. The van der Waals surface area contributed by atoms with Crippen molar-refractivity contribution in [3.63, 3.8) is 0 Å². The Morgan fingerprint density at radius 1 is 1.29 bits per heavy atom.